The summed E-state index contributed by atoms with van der Waals surface area (Å²) < 4.78 is 31.5. The van der Waals surface area contributed by atoms with Gasteiger partial charge in [-0.1, -0.05) is 0 Å². The van der Waals surface area contributed by atoms with E-state index in [2.05, 4.69) is 15.9 Å². The Balaban J connectivity index is 2.30. The van der Waals surface area contributed by atoms with E-state index in [-0.39, 0.29) is 22.2 Å². The van der Waals surface area contributed by atoms with Crippen molar-refractivity contribution in [3.63, 3.8) is 0 Å². The van der Waals surface area contributed by atoms with Crippen molar-refractivity contribution in [2.75, 3.05) is 13.2 Å². The summed E-state index contributed by atoms with van der Waals surface area (Å²) in [6.45, 7) is 0.404. The number of aromatic carboxylic acids is 1. The summed E-state index contributed by atoms with van der Waals surface area (Å²) in [5.41, 5.74) is 0. The molecule has 21 heavy (non-hydrogen) atoms. The highest BCUT2D eigenvalue weighted by Crippen LogP contribution is 2.33. The fourth-order valence-corrected chi connectivity index (χ4v) is 5.13. The second kappa shape index (κ2) is 6.47. The van der Waals surface area contributed by atoms with Crippen LogP contribution in [0.4, 0.5) is 0 Å². The Morgan fingerprint density at radius 3 is 2.81 bits per heavy atom. The van der Waals surface area contributed by atoms with Crippen LogP contribution in [0.3, 0.4) is 0 Å². The first kappa shape index (κ1) is 16.5. The molecule has 2 rings (SSSR count). The zero-order chi connectivity index (χ0) is 15.6. The first-order valence-corrected chi connectivity index (χ1v) is 8.76. The summed E-state index contributed by atoms with van der Waals surface area (Å²) in [5, 5.41) is 17.8. The van der Waals surface area contributed by atoms with Gasteiger partial charge in [0, 0.05) is 25.3 Å². The molecule has 1 unspecified atom stereocenters. The van der Waals surface area contributed by atoms with Crippen LogP contribution in [0.25, 0.3) is 0 Å². The Kier molecular flexibility index (Phi) is 5.07. The van der Waals surface area contributed by atoms with Crippen LogP contribution < -0.4 is 0 Å². The first-order valence-electron chi connectivity index (χ1n) is 6.53. The van der Waals surface area contributed by atoms with Crippen LogP contribution in [-0.2, 0) is 10.0 Å². The molecule has 2 heterocycles. The lowest BCUT2D eigenvalue weighted by atomic mass is 10.1. The van der Waals surface area contributed by atoms with Crippen molar-refractivity contribution in [2.24, 2.45) is 0 Å². The number of sulfonamides is 1. The van der Waals surface area contributed by atoms with E-state index >= 15 is 0 Å². The van der Waals surface area contributed by atoms with Gasteiger partial charge >= 0.3 is 5.97 Å². The van der Waals surface area contributed by atoms with Crippen LogP contribution in [0.1, 0.15) is 36.2 Å². The maximum atomic E-state index is 12.6. The summed E-state index contributed by atoms with van der Waals surface area (Å²) in [4.78, 5) is 10.7. The molecule has 1 aliphatic heterocycles. The second-order valence-corrected chi connectivity index (χ2v) is 7.41. The molecular weight excluding hydrogens is 366 g/mol. The molecule has 1 fully saturated rings. The Morgan fingerprint density at radius 2 is 2.24 bits per heavy atom. The molecule has 0 spiro atoms. The van der Waals surface area contributed by atoms with Gasteiger partial charge in [-0.25, -0.2) is 13.2 Å². The Morgan fingerprint density at radius 1 is 1.52 bits per heavy atom. The maximum absolute atomic E-state index is 12.6. The van der Waals surface area contributed by atoms with Gasteiger partial charge in [-0.3, -0.25) is 0 Å². The minimum absolute atomic E-state index is 0.0168. The van der Waals surface area contributed by atoms with Crippen molar-refractivity contribution in [1.29, 1.82) is 0 Å². The van der Waals surface area contributed by atoms with E-state index in [4.69, 9.17) is 14.6 Å². The molecule has 0 aliphatic carbocycles. The van der Waals surface area contributed by atoms with Gasteiger partial charge in [0.05, 0.1) is 0 Å². The first-order chi connectivity index (χ1) is 9.87. The summed E-state index contributed by atoms with van der Waals surface area (Å²) in [6, 6.07) is 0.848. The molecule has 0 amide bonds. The zero-order valence-electron chi connectivity index (χ0n) is 11.2. The third-order valence-electron chi connectivity index (χ3n) is 3.47. The fraction of sp³-hybridized carbons (Fsp3) is 0.583. The average molecular weight is 382 g/mol. The van der Waals surface area contributed by atoms with Gasteiger partial charge in [-0.2, -0.15) is 4.31 Å². The summed E-state index contributed by atoms with van der Waals surface area (Å²) in [6.07, 6.45) is 2.59. The van der Waals surface area contributed by atoms with Gasteiger partial charge in [-0.15, -0.1) is 0 Å². The molecule has 0 aromatic carbocycles. The molecule has 1 aromatic heterocycles. The molecule has 7 nitrogen and oxygen atoms in total. The molecular formula is C12H16BrNO6S. The van der Waals surface area contributed by atoms with E-state index in [0.29, 0.717) is 19.4 Å². The molecule has 0 radical (unpaired) electrons. The normalized spacial score (nSPS) is 20.0. The van der Waals surface area contributed by atoms with E-state index < -0.39 is 21.8 Å². The predicted octanol–water partition coefficient (Wildman–Crippen LogP) is 1.67. The van der Waals surface area contributed by atoms with Crippen molar-refractivity contribution < 1.29 is 27.8 Å². The Bertz CT molecular complexity index is 626. The van der Waals surface area contributed by atoms with E-state index in [1.54, 1.807) is 0 Å². The van der Waals surface area contributed by atoms with E-state index in [1.807, 2.05) is 0 Å². The van der Waals surface area contributed by atoms with E-state index in [1.165, 1.54) is 4.31 Å². The topological polar surface area (TPSA) is 108 Å². The Hall–Kier alpha value is -0.900. The van der Waals surface area contributed by atoms with Gasteiger partial charge in [0.1, 0.15) is 4.90 Å². The van der Waals surface area contributed by atoms with Crippen molar-refractivity contribution in [3.8, 4) is 0 Å². The van der Waals surface area contributed by atoms with Gasteiger partial charge < -0.3 is 14.6 Å². The number of aliphatic hydroxyl groups excluding tert-OH is 1. The number of carboxylic acid groups (broad SMARTS) is 1. The second-order valence-electron chi connectivity index (χ2n) is 4.83. The van der Waals surface area contributed by atoms with E-state index in [9.17, 15) is 13.2 Å². The number of carboxylic acids is 1. The minimum atomic E-state index is -3.81. The number of hydrogen-bond donors (Lipinski definition) is 2. The van der Waals surface area contributed by atoms with Gasteiger partial charge in [0.2, 0.25) is 15.8 Å². The van der Waals surface area contributed by atoms with Crippen molar-refractivity contribution in [2.45, 2.75) is 36.6 Å². The third-order valence-corrected chi connectivity index (χ3v) is 6.28. The minimum Gasteiger partial charge on any atom is -0.475 e. The van der Waals surface area contributed by atoms with Crippen LogP contribution in [0.2, 0.25) is 0 Å². The lowest BCUT2D eigenvalue weighted by Gasteiger charge is -2.23. The molecule has 9 heteroatoms. The number of nitrogens with zero attached hydrogens (tertiary/aromatic N) is 1. The third kappa shape index (κ3) is 3.31. The summed E-state index contributed by atoms with van der Waals surface area (Å²) >= 11 is 2.97. The molecule has 0 saturated carbocycles. The monoisotopic (exact) mass is 381 g/mol. The van der Waals surface area contributed by atoms with Crippen LogP contribution in [0.15, 0.2) is 20.0 Å². The average Bonchev–Trinajstić information content (AvgIpc) is 3.03. The molecule has 1 atom stereocenters. The quantitative estimate of drug-likeness (QED) is 0.775. The lowest BCUT2D eigenvalue weighted by molar-refractivity contribution is 0.0661. The van der Waals surface area contributed by atoms with Crippen molar-refractivity contribution >= 4 is 31.9 Å². The van der Waals surface area contributed by atoms with Crippen molar-refractivity contribution in [1.82, 2.24) is 4.31 Å². The lowest BCUT2D eigenvalue weighted by Crippen LogP contribution is -2.35. The molecule has 1 aromatic rings. The number of furan rings is 1. The highest BCUT2D eigenvalue weighted by Gasteiger charge is 2.37. The highest BCUT2D eigenvalue weighted by atomic mass is 79.9. The summed E-state index contributed by atoms with van der Waals surface area (Å²) in [7, 11) is -3.81. The SMILES string of the molecule is O=C(O)c1cc(S(=O)(=O)N2CCCC2CCCO)c(Br)o1. The van der Waals surface area contributed by atoms with Gasteiger partial charge in [0.15, 0.2) is 4.67 Å². The fourth-order valence-electron chi connectivity index (χ4n) is 2.50. The van der Waals surface area contributed by atoms with Crippen LogP contribution in [0, 0.1) is 0 Å². The summed E-state index contributed by atoms with van der Waals surface area (Å²) in [5.74, 6) is -1.75. The number of aliphatic hydroxyl groups is 1. The molecule has 1 aliphatic rings. The van der Waals surface area contributed by atoms with Crippen LogP contribution in [0.5, 0.6) is 0 Å². The zero-order valence-corrected chi connectivity index (χ0v) is 13.6. The molecule has 1 saturated heterocycles. The number of halogens is 1. The van der Waals surface area contributed by atoms with Gasteiger partial charge in [0.25, 0.3) is 0 Å². The molecule has 0 bridgehead atoms. The van der Waals surface area contributed by atoms with Crippen LogP contribution in [-0.4, -0.2) is 48.1 Å². The Labute approximate surface area is 130 Å². The molecule has 118 valence electrons. The maximum Gasteiger partial charge on any atom is 0.371 e. The highest BCUT2D eigenvalue weighted by molar-refractivity contribution is 9.10. The van der Waals surface area contributed by atoms with Crippen molar-refractivity contribution in [3.05, 3.63) is 16.5 Å². The van der Waals surface area contributed by atoms with Crippen LogP contribution >= 0.6 is 15.9 Å². The standard InChI is InChI=1S/C12H16BrNO6S/c13-11-10(7-9(20-11)12(16)17)21(18,19)14-5-1-3-8(14)4-2-6-15/h7-8,15H,1-6H2,(H,16,17). The smallest absolute Gasteiger partial charge is 0.371 e. The molecule has 2 N–H and O–H groups in total. The number of rotatable bonds is 6. The number of hydrogen-bond acceptors (Lipinski definition) is 5. The predicted molar refractivity (Wildman–Crippen MR) is 76.6 cm³/mol. The largest absolute Gasteiger partial charge is 0.475 e. The van der Waals surface area contributed by atoms with E-state index in [0.717, 1.165) is 18.9 Å². The number of carbonyl (C=O) groups is 1. The van der Waals surface area contributed by atoms with Gasteiger partial charge in [-0.05, 0) is 41.6 Å².